The van der Waals surface area contributed by atoms with E-state index in [4.69, 9.17) is 0 Å². The Morgan fingerprint density at radius 3 is 2.55 bits per heavy atom. The molecule has 6 heteroatoms. The molecule has 1 aromatic rings. The van der Waals surface area contributed by atoms with Crippen LogP contribution in [0.15, 0.2) is 17.0 Å². The number of carbonyl (C=O) groups is 1. The Labute approximate surface area is 132 Å². The number of rotatable bonds is 3. The fraction of sp³-hybridized carbons (Fsp3) is 0.562. The summed E-state index contributed by atoms with van der Waals surface area (Å²) in [6.07, 6.45) is 3.14. The molecular weight excluding hydrogens is 300 g/mol. The van der Waals surface area contributed by atoms with Crippen molar-refractivity contribution in [3.63, 3.8) is 0 Å². The molecule has 22 heavy (non-hydrogen) atoms. The predicted molar refractivity (Wildman–Crippen MR) is 86.5 cm³/mol. The van der Waals surface area contributed by atoms with Gasteiger partial charge in [0.2, 0.25) is 10.0 Å². The second-order valence-corrected chi connectivity index (χ2v) is 7.82. The molecule has 1 unspecified atom stereocenters. The maximum Gasteiger partial charge on any atom is 0.254 e. The normalized spacial score (nSPS) is 19.3. The van der Waals surface area contributed by atoms with E-state index in [-0.39, 0.29) is 16.8 Å². The first kappa shape index (κ1) is 17.0. The molecule has 1 amide bonds. The minimum atomic E-state index is -3.57. The molecule has 1 saturated heterocycles. The molecule has 1 fully saturated rings. The van der Waals surface area contributed by atoms with Gasteiger partial charge in [-0.3, -0.25) is 4.79 Å². The Kier molecular flexibility index (Phi) is 4.92. The van der Waals surface area contributed by atoms with E-state index >= 15 is 0 Å². The molecule has 122 valence electrons. The van der Waals surface area contributed by atoms with Crippen LogP contribution in [-0.4, -0.2) is 38.9 Å². The third kappa shape index (κ3) is 3.17. The molecule has 0 radical (unpaired) electrons. The summed E-state index contributed by atoms with van der Waals surface area (Å²) in [6, 6.07) is 3.48. The summed E-state index contributed by atoms with van der Waals surface area (Å²) in [7, 11) is -2.19. The number of hydrogen-bond donors (Lipinski definition) is 1. The van der Waals surface area contributed by atoms with Gasteiger partial charge in [0.1, 0.15) is 0 Å². The summed E-state index contributed by atoms with van der Waals surface area (Å²) in [6.45, 7) is 6.38. The minimum Gasteiger partial charge on any atom is -0.336 e. The van der Waals surface area contributed by atoms with Crippen molar-refractivity contribution in [3.05, 3.63) is 28.8 Å². The van der Waals surface area contributed by atoms with Gasteiger partial charge in [-0.1, -0.05) is 0 Å². The van der Waals surface area contributed by atoms with Crippen LogP contribution in [0.3, 0.4) is 0 Å². The van der Waals surface area contributed by atoms with Crippen LogP contribution in [0.1, 0.15) is 47.7 Å². The molecule has 1 aliphatic rings. The Morgan fingerprint density at radius 1 is 1.27 bits per heavy atom. The average molecular weight is 324 g/mol. The lowest BCUT2D eigenvalue weighted by Crippen LogP contribution is -2.42. The van der Waals surface area contributed by atoms with Gasteiger partial charge >= 0.3 is 0 Å². The predicted octanol–water partition coefficient (Wildman–Crippen LogP) is 2.23. The van der Waals surface area contributed by atoms with Crippen LogP contribution in [0.4, 0.5) is 0 Å². The van der Waals surface area contributed by atoms with Crippen molar-refractivity contribution in [1.29, 1.82) is 0 Å². The number of amides is 1. The molecule has 1 heterocycles. The van der Waals surface area contributed by atoms with E-state index in [0.29, 0.717) is 11.1 Å². The SMILES string of the molecule is CNS(=O)(=O)c1cc(C(=O)N2CCCCC2C)cc(C)c1C. The van der Waals surface area contributed by atoms with E-state index < -0.39 is 10.0 Å². The van der Waals surface area contributed by atoms with Crippen molar-refractivity contribution >= 4 is 15.9 Å². The van der Waals surface area contributed by atoms with E-state index in [2.05, 4.69) is 4.72 Å². The van der Waals surface area contributed by atoms with E-state index in [1.807, 2.05) is 18.7 Å². The first-order valence-corrected chi connectivity index (χ1v) is 9.12. The Balaban J connectivity index is 2.46. The number of nitrogens with zero attached hydrogens (tertiary/aromatic N) is 1. The van der Waals surface area contributed by atoms with Gasteiger partial charge in [-0.05, 0) is 70.3 Å². The topological polar surface area (TPSA) is 66.5 Å². The number of likely N-dealkylation sites (tertiary alicyclic amines) is 1. The number of hydrogen-bond acceptors (Lipinski definition) is 3. The van der Waals surface area contributed by atoms with Gasteiger partial charge in [0.15, 0.2) is 0 Å². The zero-order valence-corrected chi connectivity index (χ0v) is 14.5. The van der Waals surface area contributed by atoms with Crippen LogP contribution in [0, 0.1) is 13.8 Å². The summed E-state index contributed by atoms with van der Waals surface area (Å²) >= 11 is 0. The van der Waals surface area contributed by atoms with Gasteiger partial charge in [-0.2, -0.15) is 0 Å². The second kappa shape index (κ2) is 6.38. The van der Waals surface area contributed by atoms with Crippen molar-refractivity contribution in [2.24, 2.45) is 0 Å². The van der Waals surface area contributed by atoms with Crippen LogP contribution in [0.2, 0.25) is 0 Å². The highest BCUT2D eigenvalue weighted by Crippen LogP contribution is 2.24. The molecule has 5 nitrogen and oxygen atoms in total. The van der Waals surface area contributed by atoms with E-state index in [0.717, 1.165) is 31.4 Å². The van der Waals surface area contributed by atoms with E-state index in [1.165, 1.54) is 13.1 Å². The summed E-state index contributed by atoms with van der Waals surface area (Å²) in [5, 5.41) is 0. The molecule has 0 aromatic heterocycles. The molecule has 0 saturated carbocycles. The Hall–Kier alpha value is -1.40. The molecule has 0 spiro atoms. The highest BCUT2D eigenvalue weighted by Gasteiger charge is 2.26. The summed E-state index contributed by atoms with van der Waals surface area (Å²) in [4.78, 5) is 14.8. The third-order valence-electron chi connectivity index (χ3n) is 4.49. The lowest BCUT2D eigenvalue weighted by molar-refractivity contribution is 0.0635. The zero-order chi connectivity index (χ0) is 16.5. The minimum absolute atomic E-state index is 0.0807. The number of sulfonamides is 1. The number of piperidine rings is 1. The van der Waals surface area contributed by atoms with Gasteiger partial charge in [0, 0.05) is 18.2 Å². The molecule has 1 atom stereocenters. The van der Waals surface area contributed by atoms with Crippen molar-refractivity contribution in [3.8, 4) is 0 Å². The van der Waals surface area contributed by atoms with Crippen LogP contribution >= 0.6 is 0 Å². The molecule has 1 aromatic carbocycles. The van der Waals surface area contributed by atoms with Crippen molar-refractivity contribution < 1.29 is 13.2 Å². The highest BCUT2D eigenvalue weighted by molar-refractivity contribution is 7.89. The molecule has 1 N–H and O–H groups in total. The molecular formula is C16H24N2O3S. The number of benzene rings is 1. The average Bonchev–Trinajstić information content (AvgIpc) is 2.49. The van der Waals surface area contributed by atoms with Crippen LogP contribution in [-0.2, 0) is 10.0 Å². The quantitative estimate of drug-likeness (QED) is 0.927. The van der Waals surface area contributed by atoms with Crippen molar-refractivity contribution in [2.75, 3.05) is 13.6 Å². The highest BCUT2D eigenvalue weighted by atomic mass is 32.2. The van der Waals surface area contributed by atoms with Crippen LogP contribution in [0.25, 0.3) is 0 Å². The molecule has 2 rings (SSSR count). The van der Waals surface area contributed by atoms with Gasteiger partial charge < -0.3 is 4.90 Å². The third-order valence-corrected chi connectivity index (χ3v) is 6.03. The Bertz CT molecular complexity index is 683. The summed E-state index contributed by atoms with van der Waals surface area (Å²) < 4.78 is 26.6. The first-order valence-electron chi connectivity index (χ1n) is 7.63. The van der Waals surface area contributed by atoms with E-state index in [1.54, 1.807) is 13.0 Å². The largest absolute Gasteiger partial charge is 0.336 e. The van der Waals surface area contributed by atoms with Gasteiger partial charge in [0.05, 0.1) is 4.90 Å². The van der Waals surface area contributed by atoms with Gasteiger partial charge in [-0.15, -0.1) is 0 Å². The molecule has 0 aliphatic carbocycles. The van der Waals surface area contributed by atoms with Gasteiger partial charge in [0.25, 0.3) is 5.91 Å². The smallest absolute Gasteiger partial charge is 0.254 e. The zero-order valence-electron chi connectivity index (χ0n) is 13.6. The number of carbonyl (C=O) groups excluding carboxylic acids is 1. The van der Waals surface area contributed by atoms with Crippen LogP contribution in [0.5, 0.6) is 0 Å². The maximum atomic E-state index is 12.8. The lowest BCUT2D eigenvalue weighted by Gasteiger charge is -2.33. The summed E-state index contributed by atoms with van der Waals surface area (Å²) in [5.74, 6) is -0.0807. The summed E-state index contributed by atoms with van der Waals surface area (Å²) in [5.41, 5.74) is 1.94. The fourth-order valence-electron chi connectivity index (χ4n) is 2.91. The molecule has 0 bridgehead atoms. The second-order valence-electron chi connectivity index (χ2n) is 5.97. The standard InChI is InChI=1S/C16H24N2O3S/c1-11-9-14(10-15(13(11)3)22(20,21)17-4)16(19)18-8-6-5-7-12(18)2/h9-10,12,17H,5-8H2,1-4H3. The number of aryl methyl sites for hydroxylation is 1. The lowest BCUT2D eigenvalue weighted by atomic mass is 10.0. The van der Waals surface area contributed by atoms with Gasteiger partial charge in [-0.25, -0.2) is 13.1 Å². The first-order chi connectivity index (χ1) is 10.3. The maximum absolute atomic E-state index is 12.8. The van der Waals surface area contributed by atoms with Crippen molar-refractivity contribution in [2.45, 2.75) is 51.0 Å². The van der Waals surface area contributed by atoms with Crippen LogP contribution < -0.4 is 4.72 Å². The van der Waals surface area contributed by atoms with Crippen molar-refractivity contribution in [1.82, 2.24) is 9.62 Å². The monoisotopic (exact) mass is 324 g/mol. The Morgan fingerprint density at radius 2 is 1.95 bits per heavy atom. The number of nitrogens with one attached hydrogen (secondary N) is 1. The van der Waals surface area contributed by atoms with E-state index in [9.17, 15) is 13.2 Å². The fourth-order valence-corrected chi connectivity index (χ4v) is 3.97. The molecule has 1 aliphatic heterocycles.